The van der Waals surface area contributed by atoms with E-state index in [4.69, 9.17) is 10.5 Å². The molecule has 0 bridgehead atoms. The molecule has 2 rings (SSSR count). The predicted molar refractivity (Wildman–Crippen MR) is 75.6 cm³/mol. The fourth-order valence-corrected chi connectivity index (χ4v) is 3.22. The van der Waals surface area contributed by atoms with Crippen LogP contribution in [0.3, 0.4) is 0 Å². The molecule has 0 amide bonds. The largest absolute Gasteiger partial charge is 0.398 e. The molecule has 106 valence electrons. The number of anilines is 1. The summed E-state index contributed by atoms with van der Waals surface area (Å²) in [6.07, 6.45) is 6.62. The topological polar surface area (TPSA) is 68.4 Å². The van der Waals surface area contributed by atoms with Crippen LogP contribution in [0, 0.1) is 5.92 Å². The van der Waals surface area contributed by atoms with Crippen molar-refractivity contribution in [2.45, 2.75) is 51.2 Å². The normalized spacial score (nSPS) is 29.1. The number of ether oxygens (including phenoxy) is 1. The first kappa shape index (κ1) is 14.3. The zero-order valence-electron chi connectivity index (χ0n) is 11.8. The van der Waals surface area contributed by atoms with Crippen LogP contribution in [0.2, 0.25) is 0 Å². The predicted octanol–water partition coefficient (Wildman–Crippen LogP) is 2.68. The number of rotatable bonds is 4. The van der Waals surface area contributed by atoms with Crippen molar-refractivity contribution in [3.8, 4) is 0 Å². The Hall–Kier alpha value is -1.13. The van der Waals surface area contributed by atoms with Crippen LogP contribution in [0.4, 0.5) is 5.69 Å². The highest BCUT2D eigenvalue weighted by molar-refractivity contribution is 5.46. The van der Waals surface area contributed by atoms with Gasteiger partial charge in [-0.3, -0.25) is 4.98 Å². The molecule has 19 heavy (non-hydrogen) atoms. The van der Waals surface area contributed by atoms with Crippen molar-refractivity contribution >= 4 is 5.69 Å². The van der Waals surface area contributed by atoms with Crippen LogP contribution in [0.5, 0.6) is 0 Å². The van der Waals surface area contributed by atoms with E-state index in [1.54, 1.807) is 18.5 Å². The lowest BCUT2D eigenvalue weighted by atomic mass is 9.74. The zero-order chi connectivity index (χ0) is 13.9. The third-order valence-electron chi connectivity index (χ3n) is 4.10. The Morgan fingerprint density at radius 3 is 3.05 bits per heavy atom. The molecular formula is C15H24N2O2. The number of hydrogen-bond acceptors (Lipinski definition) is 4. The molecule has 1 aliphatic rings. The monoisotopic (exact) mass is 264 g/mol. The number of aromatic nitrogens is 1. The Labute approximate surface area is 115 Å². The highest BCUT2D eigenvalue weighted by atomic mass is 16.5. The van der Waals surface area contributed by atoms with E-state index >= 15 is 0 Å². The van der Waals surface area contributed by atoms with Gasteiger partial charge in [0.15, 0.2) is 0 Å². The molecule has 1 fully saturated rings. The first-order chi connectivity index (χ1) is 9.09. The lowest BCUT2D eigenvalue weighted by Gasteiger charge is -2.43. The lowest BCUT2D eigenvalue weighted by Crippen LogP contribution is -2.43. The number of aliphatic hydroxyl groups is 1. The van der Waals surface area contributed by atoms with Crippen LogP contribution in [0.25, 0.3) is 0 Å². The van der Waals surface area contributed by atoms with Gasteiger partial charge in [0.25, 0.3) is 0 Å². The Balaban J connectivity index is 2.30. The van der Waals surface area contributed by atoms with E-state index in [9.17, 15) is 5.11 Å². The van der Waals surface area contributed by atoms with Gasteiger partial charge in [-0.15, -0.1) is 0 Å². The smallest absolute Gasteiger partial charge is 0.111 e. The van der Waals surface area contributed by atoms with E-state index in [1.807, 2.05) is 6.92 Å². The van der Waals surface area contributed by atoms with Crippen molar-refractivity contribution in [1.82, 2.24) is 4.98 Å². The summed E-state index contributed by atoms with van der Waals surface area (Å²) in [5.41, 5.74) is 6.72. The molecule has 3 N–H and O–H groups in total. The molecule has 1 aliphatic carbocycles. The third-order valence-corrected chi connectivity index (χ3v) is 4.10. The molecule has 4 heteroatoms. The molecule has 0 saturated heterocycles. The fourth-order valence-electron chi connectivity index (χ4n) is 3.22. The second-order valence-electron chi connectivity index (χ2n) is 5.61. The third kappa shape index (κ3) is 2.90. The van der Waals surface area contributed by atoms with Gasteiger partial charge in [-0.05, 0) is 31.7 Å². The summed E-state index contributed by atoms with van der Waals surface area (Å²) in [5.74, 6) is 0.563. The Kier molecular flexibility index (Phi) is 4.42. The Morgan fingerprint density at radius 2 is 2.42 bits per heavy atom. The second kappa shape index (κ2) is 5.88. The lowest BCUT2D eigenvalue weighted by molar-refractivity contribution is -0.149. The SMILES string of the molecule is CCOC1(C(O)c2cnccc2N)CCCC(C)C1. The van der Waals surface area contributed by atoms with Crippen LogP contribution in [-0.2, 0) is 4.74 Å². The van der Waals surface area contributed by atoms with E-state index < -0.39 is 11.7 Å². The first-order valence-corrected chi connectivity index (χ1v) is 7.10. The highest BCUT2D eigenvalue weighted by Gasteiger charge is 2.43. The maximum atomic E-state index is 10.8. The van der Waals surface area contributed by atoms with Gasteiger partial charge in [0.1, 0.15) is 6.10 Å². The summed E-state index contributed by atoms with van der Waals surface area (Å²) >= 11 is 0. The maximum absolute atomic E-state index is 10.8. The van der Waals surface area contributed by atoms with E-state index in [0.717, 1.165) is 19.3 Å². The molecule has 1 aromatic heterocycles. The molecule has 1 aromatic rings. The van der Waals surface area contributed by atoms with Crippen molar-refractivity contribution in [2.24, 2.45) is 5.92 Å². The van der Waals surface area contributed by atoms with E-state index in [0.29, 0.717) is 23.8 Å². The highest BCUT2D eigenvalue weighted by Crippen LogP contribution is 2.44. The number of nitrogens with two attached hydrogens (primary N) is 1. The van der Waals surface area contributed by atoms with Crippen LogP contribution < -0.4 is 5.73 Å². The van der Waals surface area contributed by atoms with Crippen LogP contribution in [0.1, 0.15) is 51.2 Å². The van der Waals surface area contributed by atoms with Crippen LogP contribution in [-0.4, -0.2) is 22.3 Å². The summed E-state index contributed by atoms with van der Waals surface area (Å²) in [6, 6.07) is 1.73. The molecule has 3 atom stereocenters. The van der Waals surface area contributed by atoms with Gasteiger partial charge >= 0.3 is 0 Å². The number of nitrogen functional groups attached to an aromatic ring is 1. The molecule has 0 aliphatic heterocycles. The van der Waals surface area contributed by atoms with Gasteiger partial charge in [-0.25, -0.2) is 0 Å². The molecule has 4 nitrogen and oxygen atoms in total. The van der Waals surface area contributed by atoms with Gasteiger partial charge in [0.05, 0.1) is 5.60 Å². The van der Waals surface area contributed by atoms with Crippen molar-refractivity contribution in [3.63, 3.8) is 0 Å². The molecule has 1 saturated carbocycles. The van der Waals surface area contributed by atoms with Gasteiger partial charge < -0.3 is 15.6 Å². The summed E-state index contributed by atoms with van der Waals surface area (Å²) in [6.45, 7) is 4.79. The minimum Gasteiger partial charge on any atom is -0.398 e. The Morgan fingerprint density at radius 1 is 1.63 bits per heavy atom. The average Bonchev–Trinajstić information content (AvgIpc) is 2.39. The van der Waals surface area contributed by atoms with Crippen molar-refractivity contribution in [2.75, 3.05) is 12.3 Å². The summed E-state index contributed by atoms with van der Waals surface area (Å²) in [7, 11) is 0. The summed E-state index contributed by atoms with van der Waals surface area (Å²) in [5, 5.41) is 10.8. The Bertz CT molecular complexity index is 420. The average molecular weight is 264 g/mol. The van der Waals surface area contributed by atoms with Gasteiger partial charge in [0, 0.05) is 30.3 Å². The van der Waals surface area contributed by atoms with E-state index in [2.05, 4.69) is 11.9 Å². The van der Waals surface area contributed by atoms with Crippen molar-refractivity contribution in [3.05, 3.63) is 24.0 Å². The number of nitrogens with zero attached hydrogens (tertiary/aromatic N) is 1. The first-order valence-electron chi connectivity index (χ1n) is 7.10. The number of aliphatic hydroxyl groups excluding tert-OH is 1. The van der Waals surface area contributed by atoms with Crippen LogP contribution >= 0.6 is 0 Å². The van der Waals surface area contributed by atoms with E-state index in [-0.39, 0.29) is 0 Å². The van der Waals surface area contributed by atoms with Gasteiger partial charge in [0.2, 0.25) is 0 Å². The van der Waals surface area contributed by atoms with Gasteiger partial charge in [-0.1, -0.05) is 19.8 Å². The standard InChI is InChI=1S/C15H24N2O2/c1-3-19-15(7-4-5-11(2)9-15)14(18)12-10-17-8-6-13(12)16/h6,8,10-11,14,18H,3-5,7,9H2,1-2H3,(H2,16,17). The zero-order valence-corrected chi connectivity index (χ0v) is 11.8. The fraction of sp³-hybridized carbons (Fsp3) is 0.667. The van der Waals surface area contributed by atoms with Crippen LogP contribution in [0.15, 0.2) is 18.5 Å². The second-order valence-corrected chi connectivity index (χ2v) is 5.61. The van der Waals surface area contributed by atoms with Crippen molar-refractivity contribution < 1.29 is 9.84 Å². The molecular weight excluding hydrogens is 240 g/mol. The minimum absolute atomic E-state index is 0.510. The molecule has 1 heterocycles. The quantitative estimate of drug-likeness (QED) is 0.877. The molecule has 0 spiro atoms. The molecule has 3 unspecified atom stereocenters. The number of hydrogen-bond donors (Lipinski definition) is 2. The van der Waals surface area contributed by atoms with Gasteiger partial charge in [-0.2, -0.15) is 0 Å². The number of pyridine rings is 1. The maximum Gasteiger partial charge on any atom is 0.111 e. The summed E-state index contributed by atoms with van der Waals surface area (Å²) < 4.78 is 5.98. The molecule has 0 radical (unpaired) electrons. The summed E-state index contributed by atoms with van der Waals surface area (Å²) in [4.78, 5) is 4.08. The molecule has 0 aromatic carbocycles. The van der Waals surface area contributed by atoms with Crippen molar-refractivity contribution in [1.29, 1.82) is 0 Å². The minimum atomic E-state index is -0.705. The van der Waals surface area contributed by atoms with E-state index in [1.165, 1.54) is 6.42 Å².